The summed E-state index contributed by atoms with van der Waals surface area (Å²) in [5, 5.41) is 11.1. The van der Waals surface area contributed by atoms with E-state index in [1.807, 2.05) is 0 Å². The summed E-state index contributed by atoms with van der Waals surface area (Å²) in [4.78, 5) is 31.1. The Labute approximate surface area is 114 Å². The van der Waals surface area contributed by atoms with E-state index >= 15 is 0 Å². The third kappa shape index (κ3) is 1.86. The normalized spacial score (nSPS) is 10.8. The average molecular weight is 291 g/mol. The molecule has 0 aromatic carbocycles. The molecule has 0 aliphatic heterocycles. The van der Waals surface area contributed by atoms with Crippen molar-refractivity contribution in [2.45, 2.75) is 0 Å². The van der Waals surface area contributed by atoms with Crippen LogP contribution in [0.25, 0.3) is 16.2 Å². The van der Waals surface area contributed by atoms with Gasteiger partial charge in [0.1, 0.15) is 17.0 Å². The summed E-state index contributed by atoms with van der Waals surface area (Å²) in [6, 6.07) is 0.973. The van der Waals surface area contributed by atoms with E-state index in [0.717, 1.165) is 18.5 Å². The maximum absolute atomic E-state index is 13.3. The summed E-state index contributed by atoms with van der Waals surface area (Å²) in [5.74, 6) is -2.09. The monoisotopic (exact) mass is 291 g/mol. The fraction of sp³-hybridized carbons (Fsp3) is 0. The summed E-state index contributed by atoms with van der Waals surface area (Å²) in [6.07, 6.45) is 3.65. The van der Waals surface area contributed by atoms with E-state index in [0.29, 0.717) is 5.13 Å². The van der Waals surface area contributed by atoms with Crippen LogP contribution >= 0.6 is 11.3 Å². The van der Waals surface area contributed by atoms with Crippen molar-refractivity contribution in [1.29, 1.82) is 0 Å². The number of aromatic carboxylic acids is 1. The molecule has 1 N–H and O–H groups in total. The van der Waals surface area contributed by atoms with Crippen LogP contribution in [-0.4, -0.2) is 25.6 Å². The lowest BCUT2D eigenvalue weighted by atomic mass is 10.2. The second-order valence-corrected chi connectivity index (χ2v) is 4.76. The number of hydrogen-bond donors (Lipinski definition) is 1. The number of nitrogens with zero attached hydrogens (tertiary/aromatic N) is 3. The lowest BCUT2D eigenvalue weighted by molar-refractivity contribution is 0.0695. The predicted molar refractivity (Wildman–Crippen MR) is 69.9 cm³/mol. The van der Waals surface area contributed by atoms with Crippen molar-refractivity contribution in [2.24, 2.45) is 0 Å². The van der Waals surface area contributed by atoms with E-state index in [4.69, 9.17) is 5.11 Å². The predicted octanol–water partition coefficient (Wildman–Crippen LogP) is 1.68. The molecule has 100 valence electrons. The average Bonchev–Trinajstić information content (AvgIpc) is 2.93. The van der Waals surface area contributed by atoms with Crippen molar-refractivity contribution in [2.75, 3.05) is 0 Å². The molecule has 0 fully saturated rings. The Bertz CT molecular complexity index is 874. The van der Waals surface area contributed by atoms with Gasteiger partial charge in [0.15, 0.2) is 5.13 Å². The summed E-state index contributed by atoms with van der Waals surface area (Å²) in [7, 11) is 0. The third-order valence-corrected chi connectivity index (χ3v) is 3.44. The van der Waals surface area contributed by atoms with Crippen molar-refractivity contribution >= 4 is 28.3 Å². The Kier molecular flexibility index (Phi) is 2.79. The Morgan fingerprint density at radius 2 is 2.20 bits per heavy atom. The fourth-order valence-corrected chi connectivity index (χ4v) is 2.44. The van der Waals surface area contributed by atoms with E-state index < -0.39 is 22.8 Å². The van der Waals surface area contributed by atoms with Gasteiger partial charge in [-0.2, -0.15) is 0 Å². The lowest BCUT2D eigenvalue weighted by Crippen LogP contribution is -2.19. The molecule has 3 aromatic heterocycles. The van der Waals surface area contributed by atoms with Crippen LogP contribution in [0, 0.1) is 5.82 Å². The topological polar surface area (TPSA) is 85.1 Å². The van der Waals surface area contributed by atoms with Gasteiger partial charge in [-0.15, -0.1) is 11.3 Å². The van der Waals surface area contributed by atoms with Crippen LogP contribution in [0.5, 0.6) is 0 Å². The highest BCUT2D eigenvalue weighted by Crippen LogP contribution is 2.18. The first-order valence-corrected chi connectivity index (χ1v) is 6.30. The first kappa shape index (κ1) is 12.4. The Morgan fingerprint density at radius 3 is 2.85 bits per heavy atom. The molecule has 0 radical (unpaired) electrons. The van der Waals surface area contributed by atoms with Crippen LogP contribution in [0.4, 0.5) is 4.39 Å². The van der Waals surface area contributed by atoms with Crippen molar-refractivity contribution in [3.63, 3.8) is 0 Å². The van der Waals surface area contributed by atoms with Gasteiger partial charge in [-0.05, 0) is 6.07 Å². The van der Waals surface area contributed by atoms with Crippen LogP contribution in [0.1, 0.15) is 10.4 Å². The minimum Gasteiger partial charge on any atom is -0.477 e. The first-order valence-electron chi connectivity index (χ1n) is 5.42. The number of aromatic nitrogens is 3. The van der Waals surface area contributed by atoms with Gasteiger partial charge in [-0.25, -0.2) is 19.2 Å². The van der Waals surface area contributed by atoms with Gasteiger partial charge in [0, 0.05) is 17.8 Å². The first-order chi connectivity index (χ1) is 9.58. The Morgan fingerprint density at radius 1 is 1.40 bits per heavy atom. The molecule has 20 heavy (non-hydrogen) atoms. The zero-order valence-electron chi connectivity index (χ0n) is 9.78. The zero-order chi connectivity index (χ0) is 14.3. The van der Waals surface area contributed by atoms with Crippen LogP contribution in [0.15, 0.2) is 34.8 Å². The quantitative estimate of drug-likeness (QED) is 0.776. The molecule has 0 atom stereocenters. The number of hydrogen-bond acceptors (Lipinski definition) is 5. The maximum atomic E-state index is 13.3. The molecule has 0 aliphatic rings. The highest BCUT2D eigenvalue weighted by atomic mass is 32.1. The van der Waals surface area contributed by atoms with Crippen molar-refractivity contribution in [3.05, 3.63) is 51.6 Å². The van der Waals surface area contributed by atoms with E-state index in [1.54, 1.807) is 5.38 Å². The summed E-state index contributed by atoms with van der Waals surface area (Å²) < 4.78 is 14.6. The molecule has 0 spiro atoms. The maximum Gasteiger partial charge on any atom is 0.341 e. The molecule has 0 bridgehead atoms. The highest BCUT2D eigenvalue weighted by Gasteiger charge is 2.17. The summed E-state index contributed by atoms with van der Waals surface area (Å²) in [6.45, 7) is 0. The minimum atomic E-state index is -1.38. The molecule has 3 aromatic rings. The standard InChI is InChI=1S/C12H6FN3O3S/c13-6-3-7-9(17)8(11(18)19)5-16(10(7)15-4-6)12-14-1-2-20-12/h1-5H,(H,18,19). The van der Waals surface area contributed by atoms with Gasteiger partial charge in [0.25, 0.3) is 0 Å². The van der Waals surface area contributed by atoms with Crippen LogP contribution < -0.4 is 5.43 Å². The van der Waals surface area contributed by atoms with Crippen molar-refractivity contribution < 1.29 is 14.3 Å². The highest BCUT2D eigenvalue weighted by molar-refractivity contribution is 7.12. The second-order valence-electron chi connectivity index (χ2n) is 3.89. The molecule has 0 aliphatic carbocycles. The Hall–Kier alpha value is -2.61. The van der Waals surface area contributed by atoms with E-state index in [-0.39, 0.29) is 11.0 Å². The van der Waals surface area contributed by atoms with Crippen LogP contribution in [0.3, 0.4) is 0 Å². The molecule has 0 saturated carbocycles. The second kappa shape index (κ2) is 4.49. The number of thiazole rings is 1. The van der Waals surface area contributed by atoms with Gasteiger partial charge in [0.2, 0.25) is 5.43 Å². The van der Waals surface area contributed by atoms with Crippen molar-refractivity contribution in [3.8, 4) is 5.13 Å². The molecule has 0 unspecified atom stereocenters. The molecule has 6 nitrogen and oxygen atoms in total. The zero-order valence-corrected chi connectivity index (χ0v) is 10.6. The van der Waals surface area contributed by atoms with E-state index in [9.17, 15) is 14.0 Å². The summed E-state index contributed by atoms with van der Waals surface area (Å²) >= 11 is 1.24. The molecular formula is C12H6FN3O3S. The van der Waals surface area contributed by atoms with Crippen LogP contribution in [-0.2, 0) is 0 Å². The number of carbonyl (C=O) groups is 1. The lowest BCUT2D eigenvalue weighted by Gasteiger charge is -2.08. The van der Waals surface area contributed by atoms with E-state index in [2.05, 4.69) is 9.97 Å². The number of rotatable bonds is 2. The SMILES string of the molecule is O=C(O)c1cn(-c2nccs2)c2ncc(F)cc2c1=O. The van der Waals surface area contributed by atoms with Gasteiger partial charge in [-0.3, -0.25) is 9.36 Å². The molecule has 3 rings (SSSR count). The van der Waals surface area contributed by atoms with Crippen molar-refractivity contribution in [1.82, 2.24) is 14.5 Å². The van der Waals surface area contributed by atoms with Gasteiger partial charge in [-0.1, -0.05) is 0 Å². The number of pyridine rings is 2. The minimum absolute atomic E-state index is 0.0971. The number of carboxylic acid groups (broad SMARTS) is 1. The molecular weight excluding hydrogens is 285 g/mol. The summed E-state index contributed by atoms with van der Waals surface area (Å²) in [5.41, 5.74) is -1.07. The number of halogens is 1. The largest absolute Gasteiger partial charge is 0.477 e. The molecule has 0 amide bonds. The number of fused-ring (bicyclic) bond motifs is 1. The van der Waals surface area contributed by atoms with Gasteiger partial charge >= 0.3 is 5.97 Å². The molecule has 3 heterocycles. The molecule has 0 saturated heterocycles. The Balaban J connectivity index is 2.48. The number of carboxylic acids is 1. The fourth-order valence-electron chi connectivity index (χ4n) is 1.82. The van der Waals surface area contributed by atoms with E-state index in [1.165, 1.54) is 22.1 Å². The van der Waals surface area contributed by atoms with Gasteiger partial charge in [0.05, 0.1) is 11.6 Å². The molecule has 8 heteroatoms. The third-order valence-electron chi connectivity index (χ3n) is 2.66. The smallest absolute Gasteiger partial charge is 0.341 e. The van der Waals surface area contributed by atoms with Crippen LogP contribution in [0.2, 0.25) is 0 Å². The van der Waals surface area contributed by atoms with Gasteiger partial charge < -0.3 is 5.11 Å².